The van der Waals surface area contributed by atoms with Crippen molar-refractivity contribution in [3.05, 3.63) is 73.7 Å². The number of rotatable bonds is 5. The van der Waals surface area contributed by atoms with Gasteiger partial charge in [-0.25, -0.2) is 4.98 Å². The summed E-state index contributed by atoms with van der Waals surface area (Å²) in [7, 11) is 0. The van der Waals surface area contributed by atoms with E-state index in [0.29, 0.717) is 16.4 Å². The summed E-state index contributed by atoms with van der Waals surface area (Å²) < 4.78 is 1.74. The van der Waals surface area contributed by atoms with Gasteiger partial charge < -0.3 is 9.72 Å². The quantitative estimate of drug-likeness (QED) is 0.558. The molecule has 122 valence electrons. The Labute approximate surface area is 139 Å². The molecule has 0 spiro atoms. The maximum Gasteiger partial charge on any atom is 0.299 e. The fourth-order valence-electron chi connectivity index (χ4n) is 2.22. The van der Waals surface area contributed by atoms with Crippen molar-refractivity contribution in [1.29, 1.82) is 0 Å². The van der Waals surface area contributed by atoms with Gasteiger partial charge in [-0.3, -0.25) is 20.2 Å². The maximum absolute atomic E-state index is 11.1. The summed E-state index contributed by atoms with van der Waals surface area (Å²) in [6.07, 6.45) is 3.44. The first-order valence-electron chi connectivity index (χ1n) is 6.74. The van der Waals surface area contributed by atoms with Crippen molar-refractivity contribution in [2.75, 3.05) is 5.32 Å². The smallest absolute Gasteiger partial charge is 0.299 e. The maximum atomic E-state index is 11.1. The first kappa shape index (κ1) is 15.7. The van der Waals surface area contributed by atoms with E-state index in [1.165, 1.54) is 12.1 Å². The molecule has 0 atom stereocenters. The van der Waals surface area contributed by atoms with E-state index in [0.717, 1.165) is 6.07 Å². The Hall–Kier alpha value is -3.20. The van der Waals surface area contributed by atoms with Gasteiger partial charge in [0.1, 0.15) is 11.3 Å². The van der Waals surface area contributed by atoms with Crippen LogP contribution >= 0.6 is 11.6 Å². The SMILES string of the molecule is O=[N+]([O-])c1ccc(NCc2cn3cc(Cl)ccc3n2)c([N+](=O)[O-])c1. The second-order valence-electron chi connectivity index (χ2n) is 4.91. The highest BCUT2D eigenvalue weighted by molar-refractivity contribution is 6.30. The molecule has 1 N–H and O–H groups in total. The van der Waals surface area contributed by atoms with Gasteiger partial charge in [-0.1, -0.05) is 11.6 Å². The number of hydrogen-bond donors (Lipinski definition) is 1. The molecule has 3 aromatic rings. The molecule has 9 nitrogen and oxygen atoms in total. The number of hydrogen-bond acceptors (Lipinski definition) is 6. The van der Waals surface area contributed by atoms with Gasteiger partial charge in [-0.15, -0.1) is 0 Å². The molecule has 2 heterocycles. The number of benzene rings is 1. The highest BCUT2D eigenvalue weighted by Crippen LogP contribution is 2.29. The Kier molecular flexibility index (Phi) is 4.00. The van der Waals surface area contributed by atoms with E-state index in [9.17, 15) is 20.2 Å². The lowest BCUT2D eigenvalue weighted by Crippen LogP contribution is -2.03. The third-order valence-corrected chi connectivity index (χ3v) is 3.54. The Morgan fingerprint density at radius 1 is 1.12 bits per heavy atom. The van der Waals surface area contributed by atoms with E-state index in [1.54, 1.807) is 28.9 Å². The fourth-order valence-corrected chi connectivity index (χ4v) is 2.39. The second-order valence-corrected chi connectivity index (χ2v) is 5.35. The number of nitrogens with zero attached hydrogens (tertiary/aromatic N) is 4. The Morgan fingerprint density at radius 3 is 2.62 bits per heavy atom. The monoisotopic (exact) mass is 347 g/mol. The summed E-state index contributed by atoms with van der Waals surface area (Å²) >= 11 is 5.90. The lowest BCUT2D eigenvalue weighted by molar-refractivity contribution is -0.393. The van der Waals surface area contributed by atoms with Crippen LogP contribution in [0.2, 0.25) is 5.02 Å². The third kappa shape index (κ3) is 3.10. The second kappa shape index (κ2) is 6.13. The number of nitro benzene ring substituents is 2. The summed E-state index contributed by atoms with van der Waals surface area (Å²) in [5.74, 6) is 0. The van der Waals surface area contributed by atoms with Crippen molar-refractivity contribution in [2.24, 2.45) is 0 Å². The van der Waals surface area contributed by atoms with Crippen LogP contribution in [0.4, 0.5) is 17.1 Å². The van der Waals surface area contributed by atoms with Gasteiger partial charge in [0.25, 0.3) is 11.4 Å². The Morgan fingerprint density at radius 2 is 1.92 bits per heavy atom. The highest BCUT2D eigenvalue weighted by Gasteiger charge is 2.19. The summed E-state index contributed by atoms with van der Waals surface area (Å²) in [5, 5.41) is 25.3. The first-order chi connectivity index (χ1) is 11.4. The van der Waals surface area contributed by atoms with Crippen molar-refractivity contribution < 1.29 is 9.85 Å². The topological polar surface area (TPSA) is 116 Å². The van der Waals surface area contributed by atoms with E-state index in [-0.39, 0.29) is 23.6 Å². The zero-order valence-corrected chi connectivity index (χ0v) is 12.8. The molecular weight excluding hydrogens is 338 g/mol. The molecule has 0 fully saturated rings. The predicted octanol–water partition coefficient (Wildman–Crippen LogP) is 3.42. The molecule has 0 bridgehead atoms. The van der Waals surface area contributed by atoms with E-state index < -0.39 is 9.85 Å². The minimum Gasteiger partial charge on any atom is -0.374 e. The zero-order chi connectivity index (χ0) is 17.3. The van der Waals surface area contributed by atoms with Gasteiger partial charge in [0.05, 0.1) is 33.2 Å². The van der Waals surface area contributed by atoms with Gasteiger partial charge in [-0.05, 0) is 18.2 Å². The van der Waals surface area contributed by atoms with Gasteiger partial charge >= 0.3 is 0 Å². The molecule has 2 aromatic heterocycles. The van der Waals surface area contributed by atoms with Gasteiger partial charge in [0.2, 0.25) is 0 Å². The van der Waals surface area contributed by atoms with Crippen LogP contribution in [0.5, 0.6) is 0 Å². The number of fused-ring (bicyclic) bond motifs is 1. The average Bonchev–Trinajstić information content (AvgIpc) is 2.94. The summed E-state index contributed by atoms with van der Waals surface area (Å²) in [6.45, 7) is 0.220. The Bertz CT molecular complexity index is 955. The van der Waals surface area contributed by atoms with Crippen molar-refractivity contribution in [3.63, 3.8) is 0 Å². The van der Waals surface area contributed by atoms with Crippen LogP contribution in [0.15, 0.2) is 42.7 Å². The minimum atomic E-state index is -0.678. The lowest BCUT2D eigenvalue weighted by Gasteiger charge is -2.05. The van der Waals surface area contributed by atoms with Gasteiger partial charge in [0, 0.05) is 18.5 Å². The fraction of sp³-hybridized carbons (Fsp3) is 0.0714. The van der Waals surface area contributed by atoms with E-state index >= 15 is 0 Å². The van der Waals surface area contributed by atoms with Gasteiger partial charge in [0.15, 0.2) is 0 Å². The molecule has 0 amide bonds. The van der Waals surface area contributed by atoms with Crippen LogP contribution in [0.3, 0.4) is 0 Å². The van der Waals surface area contributed by atoms with Crippen molar-refractivity contribution in [1.82, 2.24) is 9.38 Å². The average molecular weight is 348 g/mol. The summed E-state index contributed by atoms with van der Waals surface area (Å²) in [6, 6.07) is 6.90. The van der Waals surface area contributed by atoms with Crippen LogP contribution in [0.25, 0.3) is 5.65 Å². The highest BCUT2D eigenvalue weighted by atomic mass is 35.5. The molecular formula is C14H10ClN5O4. The first-order valence-corrected chi connectivity index (χ1v) is 7.11. The van der Waals surface area contributed by atoms with Gasteiger partial charge in [-0.2, -0.15) is 0 Å². The molecule has 0 saturated carbocycles. The van der Waals surface area contributed by atoms with Crippen LogP contribution in [-0.4, -0.2) is 19.2 Å². The molecule has 24 heavy (non-hydrogen) atoms. The minimum absolute atomic E-state index is 0.181. The van der Waals surface area contributed by atoms with Crippen LogP contribution in [0.1, 0.15) is 5.69 Å². The normalized spacial score (nSPS) is 10.7. The van der Waals surface area contributed by atoms with Crippen molar-refractivity contribution in [3.8, 4) is 0 Å². The largest absolute Gasteiger partial charge is 0.374 e. The third-order valence-electron chi connectivity index (χ3n) is 3.31. The molecule has 0 radical (unpaired) electrons. The summed E-state index contributed by atoms with van der Waals surface area (Å²) in [4.78, 5) is 24.8. The van der Waals surface area contributed by atoms with Crippen molar-refractivity contribution >= 4 is 34.3 Å². The number of nitro groups is 2. The number of halogens is 1. The molecule has 0 saturated heterocycles. The zero-order valence-electron chi connectivity index (χ0n) is 12.0. The van der Waals surface area contributed by atoms with Crippen molar-refractivity contribution in [2.45, 2.75) is 6.54 Å². The standard InChI is InChI=1S/C14H10ClN5O4/c15-9-1-4-14-17-10(8-18(14)7-9)6-16-12-3-2-11(19(21)22)5-13(12)20(23)24/h1-5,7-8,16H,6H2. The molecule has 0 aliphatic carbocycles. The molecule has 0 aliphatic rings. The molecule has 0 aliphatic heterocycles. The van der Waals surface area contributed by atoms with Crippen LogP contribution < -0.4 is 5.32 Å². The number of aromatic nitrogens is 2. The van der Waals surface area contributed by atoms with E-state index in [1.807, 2.05) is 0 Å². The van der Waals surface area contributed by atoms with Crippen LogP contribution in [0, 0.1) is 20.2 Å². The molecule has 3 rings (SSSR count). The van der Waals surface area contributed by atoms with Crippen LogP contribution in [-0.2, 0) is 6.54 Å². The molecule has 0 unspecified atom stereocenters. The number of anilines is 1. The Balaban J connectivity index is 1.84. The molecule has 10 heteroatoms. The number of pyridine rings is 1. The van der Waals surface area contributed by atoms with E-state index in [4.69, 9.17) is 11.6 Å². The number of imidazole rings is 1. The predicted molar refractivity (Wildman–Crippen MR) is 87.3 cm³/mol. The molecule has 1 aromatic carbocycles. The number of nitrogens with one attached hydrogen (secondary N) is 1. The summed E-state index contributed by atoms with van der Waals surface area (Å²) in [5.41, 5.74) is 0.811. The lowest BCUT2D eigenvalue weighted by atomic mass is 10.2. The van der Waals surface area contributed by atoms with E-state index in [2.05, 4.69) is 10.3 Å². The number of non-ortho nitro benzene ring substituents is 1.